The highest BCUT2D eigenvalue weighted by atomic mass is 32.2. The molecule has 2 aliphatic rings. The molecule has 0 aromatic carbocycles. The van der Waals surface area contributed by atoms with E-state index in [-0.39, 0.29) is 10.2 Å². The Kier molecular flexibility index (Phi) is 11.0. The fraction of sp³-hybridized carbons (Fsp3) is 0.647. The molecule has 2 heterocycles. The van der Waals surface area contributed by atoms with Gasteiger partial charge in [0.25, 0.3) is 0 Å². The highest BCUT2D eigenvalue weighted by Crippen LogP contribution is 2.44. The fourth-order valence-electron chi connectivity index (χ4n) is 2.41. The number of carbonyl (C=O) groups is 2. The Morgan fingerprint density at radius 3 is 1.72 bits per heavy atom. The molecule has 0 aliphatic carbocycles. The topological polar surface area (TPSA) is 34.1 Å². The minimum absolute atomic E-state index is 0.0897. The molecule has 0 radical (unpaired) electrons. The van der Waals surface area contributed by atoms with Crippen LogP contribution < -0.4 is 0 Å². The zero-order valence-corrected chi connectivity index (χ0v) is 19.0. The van der Waals surface area contributed by atoms with Crippen LogP contribution in [0.4, 0.5) is 0 Å². The van der Waals surface area contributed by atoms with Crippen LogP contribution in [0, 0.1) is 0 Å². The molecule has 0 N–H and O–H groups in total. The van der Waals surface area contributed by atoms with Crippen molar-refractivity contribution in [3.05, 3.63) is 25.3 Å². The van der Waals surface area contributed by atoms with Crippen LogP contribution in [-0.2, 0) is 9.59 Å². The van der Waals surface area contributed by atoms with Gasteiger partial charge in [-0.3, -0.25) is 9.59 Å². The highest BCUT2D eigenvalue weighted by Gasteiger charge is 2.28. The molecule has 0 amide bonds. The molecule has 25 heavy (non-hydrogen) atoms. The van der Waals surface area contributed by atoms with Gasteiger partial charge in [-0.25, -0.2) is 0 Å². The van der Waals surface area contributed by atoms with Gasteiger partial charge in [0.15, 0.2) is 0 Å². The lowest BCUT2D eigenvalue weighted by molar-refractivity contribution is -0.107. The van der Waals surface area contributed by atoms with Crippen LogP contribution in [0.5, 0.6) is 0 Å². The van der Waals surface area contributed by atoms with Crippen LogP contribution in [0.25, 0.3) is 0 Å². The summed E-state index contributed by atoms with van der Waals surface area (Å²) in [5.74, 6) is 4.15. The zero-order chi connectivity index (χ0) is 18.1. The monoisotopic (exact) mass is 452 g/mol. The first-order valence-corrected chi connectivity index (χ1v) is 14.2. The molecule has 4 atom stereocenters. The van der Waals surface area contributed by atoms with Crippen molar-refractivity contribution in [2.45, 2.75) is 38.9 Å². The Labute approximate surface area is 176 Å². The van der Waals surface area contributed by atoms with Gasteiger partial charge in [-0.05, 0) is 31.4 Å². The molecule has 8 heteroatoms. The molecular weight excluding hydrogens is 429 g/mol. The van der Waals surface area contributed by atoms with Crippen molar-refractivity contribution in [2.75, 3.05) is 23.0 Å². The van der Waals surface area contributed by atoms with Gasteiger partial charge in [-0.1, -0.05) is 36.7 Å². The van der Waals surface area contributed by atoms with Gasteiger partial charge in [0.05, 0.1) is 9.16 Å². The van der Waals surface area contributed by atoms with Gasteiger partial charge >= 0.3 is 0 Å². The van der Waals surface area contributed by atoms with Crippen molar-refractivity contribution in [1.82, 2.24) is 0 Å². The largest absolute Gasteiger partial charge is 0.282 e. The van der Waals surface area contributed by atoms with Crippen LogP contribution in [0.3, 0.4) is 0 Å². The van der Waals surface area contributed by atoms with Crippen molar-refractivity contribution in [1.29, 1.82) is 0 Å². The first kappa shape index (κ1) is 22.2. The molecule has 0 aromatic heterocycles. The maximum absolute atomic E-state index is 11.3. The van der Waals surface area contributed by atoms with E-state index in [0.29, 0.717) is 19.7 Å². The molecule has 2 aliphatic heterocycles. The summed E-state index contributed by atoms with van der Waals surface area (Å²) < 4.78 is 1.38. The zero-order valence-electron chi connectivity index (χ0n) is 14.1. The van der Waals surface area contributed by atoms with Crippen molar-refractivity contribution in [3.63, 3.8) is 0 Å². The molecule has 4 unspecified atom stereocenters. The lowest BCUT2D eigenvalue weighted by Crippen LogP contribution is -2.07. The lowest BCUT2D eigenvalue weighted by Gasteiger charge is -2.12. The molecule has 0 saturated carbocycles. The predicted molar refractivity (Wildman–Crippen MR) is 124 cm³/mol. The minimum Gasteiger partial charge on any atom is -0.282 e. The Hall–Kier alpha value is 0.920. The Morgan fingerprint density at radius 2 is 1.32 bits per heavy atom. The summed E-state index contributed by atoms with van der Waals surface area (Å²) in [6.45, 7) is 7.04. The third-order valence-corrected chi connectivity index (χ3v) is 12.9. The van der Waals surface area contributed by atoms with Crippen molar-refractivity contribution >= 4 is 80.8 Å². The van der Waals surface area contributed by atoms with E-state index in [0.717, 1.165) is 23.0 Å². The van der Waals surface area contributed by atoms with E-state index in [4.69, 9.17) is 0 Å². The van der Waals surface area contributed by atoms with E-state index in [2.05, 4.69) is 60.2 Å². The van der Waals surface area contributed by atoms with Gasteiger partial charge in [0, 0.05) is 33.5 Å². The first-order chi connectivity index (χ1) is 12.1. The molecule has 2 fully saturated rings. The molecule has 0 bridgehead atoms. The van der Waals surface area contributed by atoms with Crippen molar-refractivity contribution in [2.24, 2.45) is 0 Å². The standard InChI is InChI=1S/C17H24O2S6/c1-3-14(18)20-8-12-10-22-16(24-12)6-5-7-17-23-11-13(25-17)9-21-15(19)4-2/h3-4,12-13,16-17H,1-2,5-11H2. The number of carbonyl (C=O) groups excluding carboxylic acids is 2. The van der Waals surface area contributed by atoms with Crippen molar-refractivity contribution < 1.29 is 9.59 Å². The summed E-state index contributed by atoms with van der Waals surface area (Å²) in [7, 11) is 0. The molecule has 2 nitrogen and oxygen atoms in total. The summed E-state index contributed by atoms with van der Waals surface area (Å²) in [5, 5.41) is 1.38. The van der Waals surface area contributed by atoms with E-state index in [9.17, 15) is 9.59 Å². The first-order valence-electron chi connectivity index (χ1n) is 8.23. The van der Waals surface area contributed by atoms with Crippen molar-refractivity contribution in [3.8, 4) is 0 Å². The molecule has 0 aromatic rings. The maximum atomic E-state index is 11.3. The van der Waals surface area contributed by atoms with E-state index < -0.39 is 0 Å². The van der Waals surface area contributed by atoms with Crippen LogP contribution in [0.15, 0.2) is 25.3 Å². The molecule has 2 saturated heterocycles. The number of hydrogen-bond acceptors (Lipinski definition) is 8. The van der Waals surface area contributed by atoms with E-state index >= 15 is 0 Å². The fourth-order valence-corrected chi connectivity index (χ4v) is 11.3. The molecule has 2 rings (SSSR count). The predicted octanol–water partition coefficient (Wildman–Crippen LogP) is 5.40. The second-order valence-electron chi connectivity index (χ2n) is 5.64. The van der Waals surface area contributed by atoms with Gasteiger partial charge in [-0.2, -0.15) is 0 Å². The number of thioether (sulfide) groups is 6. The quantitative estimate of drug-likeness (QED) is 0.408. The summed E-state index contributed by atoms with van der Waals surface area (Å²) in [4.78, 5) is 22.6. The molecule has 0 spiro atoms. The highest BCUT2D eigenvalue weighted by molar-refractivity contribution is 8.22. The minimum atomic E-state index is 0.0897. The van der Waals surface area contributed by atoms with E-state index in [1.54, 1.807) is 0 Å². The third kappa shape index (κ3) is 8.64. The second kappa shape index (κ2) is 12.4. The smallest absolute Gasteiger partial charge is 0.211 e. The number of rotatable bonds is 10. The lowest BCUT2D eigenvalue weighted by atomic mass is 10.3. The van der Waals surface area contributed by atoms with Gasteiger partial charge < -0.3 is 0 Å². The van der Waals surface area contributed by atoms with E-state index in [1.165, 1.54) is 54.9 Å². The summed E-state index contributed by atoms with van der Waals surface area (Å²) in [5.41, 5.74) is 0. The maximum Gasteiger partial charge on any atom is 0.211 e. The summed E-state index contributed by atoms with van der Waals surface area (Å²) >= 11 is 11.0. The van der Waals surface area contributed by atoms with Gasteiger partial charge in [-0.15, -0.1) is 47.0 Å². The SMILES string of the molecule is C=CC(=O)SCC1CSC(CCCC2SCC(CSC(=O)C=C)S2)S1. The van der Waals surface area contributed by atoms with Crippen LogP contribution >= 0.6 is 70.6 Å². The average Bonchev–Trinajstić information content (AvgIpc) is 3.27. The Balaban J connectivity index is 1.53. The van der Waals surface area contributed by atoms with Gasteiger partial charge in [0.2, 0.25) is 10.2 Å². The molecule has 140 valence electrons. The third-order valence-electron chi connectivity index (χ3n) is 3.66. The number of hydrogen-bond donors (Lipinski definition) is 0. The van der Waals surface area contributed by atoms with Crippen LogP contribution in [0.1, 0.15) is 19.3 Å². The Bertz CT molecular complexity index is 442. The van der Waals surface area contributed by atoms with Crippen LogP contribution in [0.2, 0.25) is 0 Å². The summed E-state index contributed by atoms with van der Waals surface area (Å²) in [6, 6.07) is 0. The molecular formula is C17H24O2S6. The second-order valence-corrected chi connectivity index (χ2v) is 13.8. The normalized spacial score (nSPS) is 28.8. The summed E-state index contributed by atoms with van der Waals surface area (Å²) in [6.07, 6.45) is 6.61. The Morgan fingerprint density at radius 1 is 0.880 bits per heavy atom. The van der Waals surface area contributed by atoms with E-state index in [1.807, 2.05) is 0 Å². The van der Waals surface area contributed by atoms with Gasteiger partial charge in [0.1, 0.15) is 0 Å². The van der Waals surface area contributed by atoms with Crippen LogP contribution in [-0.4, -0.2) is 52.9 Å². The average molecular weight is 453 g/mol.